The maximum atomic E-state index is 5.52. The van der Waals surface area contributed by atoms with E-state index in [-0.39, 0.29) is 5.41 Å². The lowest BCUT2D eigenvalue weighted by molar-refractivity contribution is -0.205. The standard InChI is InChI=1S/C10H16O2/c1-9-10(7-11-8-12-9)5-3-2-4-6-10/h2-3,9H,4-8H2,1H3. The van der Waals surface area contributed by atoms with Crippen LogP contribution in [-0.2, 0) is 9.47 Å². The highest BCUT2D eigenvalue weighted by Gasteiger charge is 2.39. The van der Waals surface area contributed by atoms with Gasteiger partial charge in [-0.05, 0) is 26.2 Å². The molecule has 1 fully saturated rings. The fraction of sp³-hybridized carbons (Fsp3) is 0.800. The zero-order chi connectivity index (χ0) is 8.44. The first-order valence-corrected chi connectivity index (χ1v) is 4.68. The van der Waals surface area contributed by atoms with E-state index >= 15 is 0 Å². The SMILES string of the molecule is CC1OCOCC12CC=CCC2. The summed E-state index contributed by atoms with van der Waals surface area (Å²) in [5.74, 6) is 0. The van der Waals surface area contributed by atoms with Crippen molar-refractivity contribution in [3.8, 4) is 0 Å². The van der Waals surface area contributed by atoms with E-state index in [1.807, 2.05) is 0 Å². The van der Waals surface area contributed by atoms with Gasteiger partial charge in [0.15, 0.2) is 0 Å². The van der Waals surface area contributed by atoms with Gasteiger partial charge in [0, 0.05) is 5.41 Å². The Morgan fingerprint density at radius 1 is 1.42 bits per heavy atom. The minimum Gasteiger partial charge on any atom is -0.355 e. The Hall–Kier alpha value is -0.340. The van der Waals surface area contributed by atoms with Gasteiger partial charge in [-0.25, -0.2) is 0 Å². The predicted molar refractivity (Wildman–Crippen MR) is 46.8 cm³/mol. The van der Waals surface area contributed by atoms with Crippen LogP contribution in [0.15, 0.2) is 12.2 Å². The van der Waals surface area contributed by atoms with E-state index in [0.29, 0.717) is 12.9 Å². The molecule has 0 N–H and O–H groups in total. The van der Waals surface area contributed by atoms with Gasteiger partial charge in [-0.1, -0.05) is 12.2 Å². The van der Waals surface area contributed by atoms with Crippen LogP contribution < -0.4 is 0 Å². The lowest BCUT2D eigenvalue weighted by Crippen LogP contribution is -2.44. The number of ether oxygens (including phenoxy) is 2. The minimum atomic E-state index is 0.285. The van der Waals surface area contributed by atoms with Gasteiger partial charge in [-0.3, -0.25) is 0 Å². The molecular weight excluding hydrogens is 152 g/mol. The summed E-state index contributed by atoms with van der Waals surface area (Å²) in [6.45, 7) is 3.52. The van der Waals surface area contributed by atoms with Crippen LogP contribution in [0.4, 0.5) is 0 Å². The zero-order valence-corrected chi connectivity index (χ0v) is 7.58. The lowest BCUT2D eigenvalue weighted by Gasteiger charge is -2.42. The average molecular weight is 168 g/mol. The van der Waals surface area contributed by atoms with Crippen LogP contribution in [0.1, 0.15) is 26.2 Å². The van der Waals surface area contributed by atoms with Gasteiger partial charge in [0.25, 0.3) is 0 Å². The van der Waals surface area contributed by atoms with Crippen molar-refractivity contribution < 1.29 is 9.47 Å². The first-order valence-electron chi connectivity index (χ1n) is 4.68. The summed E-state index contributed by atoms with van der Waals surface area (Å²) < 4.78 is 10.9. The summed E-state index contributed by atoms with van der Waals surface area (Å²) in [5.41, 5.74) is 0.285. The van der Waals surface area contributed by atoms with Crippen LogP contribution in [-0.4, -0.2) is 19.5 Å². The van der Waals surface area contributed by atoms with E-state index in [2.05, 4.69) is 19.1 Å². The van der Waals surface area contributed by atoms with Gasteiger partial charge in [0.05, 0.1) is 12.7 Å². The van der Waals surface area contributed by atoms with Crippen molar-refractivity contribution in [3.05, 3.63) is 12.2 Å². The Morgan fingerprint density at radius 3 is 3.00 bits per heavy atom. The van der Waals surface area contributed by atoms with E-state index < -0.39 is 0 Å². The van der Waals surface area contributed by atoms with Gasteiger partial charge in [-0.2, -0.15) is 0 Å². The molecule has 1 aliphatic carbocycles. The van der Waals surface area contributed by atoms with Crippen molar-refractivity contribution in [1.82, 2.24) is 0 Å². The van der Waals surface area contributed by atoms with Crippen molar-refractivity contribution >= 4 is 0 Å². The van der Waals surface area contributed by atoms with Crippen LogP contribution in [0.5, 0.6) is 0 Å². The summed E-state index contributed by atoms with van der Waals surface area (Å²) in [6, 6.07) is 0. The smallest absolute Gasteiger partial charge is 0.147 e. The molecule has 1 aliphatic heterocycles. The molecule has 68 valence electrons. The molecule has 0 aromatic rings. The Balaban J connectivity index is 2.10. The molecule has 2 atom stereocenters. The molecule has 0 amide bonds. The third-order valence-corrected chi connectivity index (χ3v) is 3.15. The molecule has 1 spiro atoms. The molecule has 2 aliphatic rings. The summed E-state index contributed by atoms with van der Waals surface area (Å²) in [5, 5.41) is 0. The summed E-state index contributed by atoms with van der Waals surface area (Å²) in [7, 11) is 0. The van der Waals surface area contributed by atoms with Gasteiger partial charge < -0.3 is 9.47 Å². The molecule has 2 unspecified atom stereocenters. The van der Waals surface area contributed by atoms with Crippen molar-refractivity contribution in [1.29, 1.82) is 0 Å². The molecule has 0 saturated carbocycles. The van der Waals surface area contributed by atoms with Crippen LogP contribution in [0.25, 0.3) is 0 Å². The average Bonchev–Trinajstić information content (AvgIpc) is 2.12. The fourth-order valence-corrected chi connectivity index (χ4v) is 2.10. The fourth-order valence-electron chi connectivity index (χ4n) is 2.10. The molecule has 2 rings (SSSR count). The van der Waals surface area contributed by atoms with Crippen LogP contribution in [0.3, 0.4) is 0 Å². The third-order valence-electron chi connectivity index (χ3n) is 3.15. The molecule has 2 nitrogen and oxygen atoms in total. The number of hydrogen-bond donors (Lipinski definition) is 0. The number of allylic oxidation sites excluding steroid dienone is 2. The van der Waals surface area contributed by atoms with Gasteiger partial charge >= 0.3 is 0 Å². The molecule has 0 radical (unpaired) electrons. The molecule has 0 aromatic heterocycles. The van der Waals surface area contributed by atoms with E-state index in [0.717, 1.165) is 13.0 Å². The highest BCUT2D eigenvalue weighted by atomic mass is 16.7. The van der Waals surface area contributed by atoms with E-state index in [1.165, 1.54) is 12.8 Å². The van der Waals surface area contributed by atoms with Crippen molar-refractivity contribution in [2.45, 2.75) is 32.3 Å². The van der Waals surface area contributed by atoms with Gasteiger partial charge in [0.2, 0.25) is 0 Å². The number of rotatable bonds is 0. The largest absolute Gasteiger partial charge is 0.355 e. The van der Waals surface area contributed by atoms with Gasteiger partial charge in [0.1, 0.15) is 6.79 Å². The molecule has 12 heavy (non-hydrogen) atoms. The highest BCUT2D eigenvalue weighted by molar-refractivity contribution is 5.01. The monoisotopic (exact) mass is 168 g/mol. The molecule has 0 bridgehead atoms. The van der Waals surface area contributed by atoms with Crippen molar-refractivity contribution in [2.24, 2.45) is 5.41 Å². The second kappa shape index (κ2) is 3.19. The van der Waals surface area contributed by atoms with Gasteiger partial charge in [-0.15, -0.1) is 0 Å². The topological polar surface area (TPSA) is 18.5 Å². The normalized spacial score (nSPS) is 41.9. The van der Waals surface area contributed by atoms with E-state index in [4.69, 9.17) is 9.47 Å². The summed E-state index contributed by atoms with van der Waals surface area (Å²) >= 11 is 0. The van der Waals surface area contributed by atoms with Crippen molar-refractivity contribution in [2.75, 3.05) is 13.4 Å². The summed E-state index contributed by atoms with van der Waals surface area (Å²) in [4.78, 5) is 0. The predicted octanol–water partition coefficient (Wildman–Crippen LogP) is 2.11. The van der Waals surface area contributed by atoms with Crippen molar-refractivity contribution in [3.63, 3.8) is 0 Å². The lowest BCUT2D eigenvalue weighted by atomic mass is 9.73. The van der Waals surface area contributed by atoms with Crippen LogP contribution in [0.2, 0.25) is 0 Å². The van der Waals surface area contributed by atoms with E-state index in [9.17, 15) is 0 Å². The molecule has 1 heterocycles. The molecular formula is C10H16O2. The Kier molecular flexibility index (Phi) is 2.20. The minimum absolute atomic E-state index is 0.285. The molecule has 0 aromatic carbocycles. The summed E-state index contributed by atoms with van der Waals surface area (Å²) in [6.07, 6.45) is 8.39. The maximum Gasteiger partial charge on any atom is 0.147 e. The highest BCUT2D eigenvalue weighted by Crippen LogP contribution is 2.39. The Morgan fingerprint density at radius 2 is 2.33 bits per heavy atom. The molecule has 1 saturated heterocycles. The zero-order valence-electron chi connectivity index (χ0n) is 7.58. The molecule has 2 heteroatoms. The Labute approximate surface area is 73.5 Å². The quantitative estimate of drug-likeness (QED) is 0.516. The van der Waals surface area contributed by atoms with Crippen LogP contribution in [0, 0.1) is 5.41 Å². The second-order valence-electron chi connectivity index (χ2n) is 3.85. The maximum absolute atomic E-state index is 5.52. The second-order valence-corrected chi connectivity index (χ2v) is 3.85. The van der Waals surface area contributed by atoms with Crippen LogP contribution >= 0.6 is 0 Å². The number of hydrogen-bond acceptors (Lipinski definition) is 2. The Bertz CT molecular complexity index is 188. The first kappa shape index (κ1) is 8.27. The van der Waals surface area contributed by atoms with E-state index in [1.54, 1.807) is 0 Å². The third kappa shape index (κ3) is 1.29. The first-order chi connectivity index (χ1) is 5.83.